The standard InChI is InChI=1S/C10H13F3N2O/c1-15-8(10(11,12)13)5-9(14-15)16-6-7-3-2-4-7/h5,7H,2-4,6H2,1H3. The summed E-state index contributed by atoms with van der Waals surface area (Å²) in [6.45, 7) is 0.467. The second-order valence-corrected chi connectivity index (χ2v) is 4.10. The second kappa shape index (κ2) is 3.99. The smallest absolute Gasteiger partial charge is 0.433 e. The van der Waals surface area contributed by atoms with Crippen LogP contribution < -0.4 is 4.74 Å². The third-order valence-corrected chi connectivity index (χ3v) is 2.84. The highest BCUT2D eigenvalue weighted by Crippen LogP contribution is 2.32. The molecule has 1 aliphatic rings. The van der Waals surface area contributed by atoms with Gasteiger partial charge in [-0.25, -0.2) is 0 Å². The van der Waals surface area contributed by atoms with Crippen LogP contribution in [0.4, 0.5) is 13.2 Å². The van der Waals surface area contributed by atoms with Crippen LogP contribution in [0.3, 0.4) is 0 Å². The molecule has 6 heteroatoms. The zero-order valence-electron chi connectivity index (χ0n) is 8.92. The number of alkyl halides is 3. The lowest BCUT2D eigenvalue weighted by atomic mass is 9.86. The Morgan fingerprint density at radius 2 is 2.19 bits per heavy atom. The van der Waals surface area contributed by atoms with Gasteiger partial charge >= 0.3 is 6.18 Å². The zero-order valence-corrected chi connectivity index (χ0v) is 8.92. The van der Waals surface area contributed by atoms with Crippen molar-refractivity contribution in [2.45, 2.75) is 25.4 Å². The summed E-state index contributed by atoms with van der Waals surface area (Å²) in [5, 5.41) is 3.68. The highest BCUT2D eigenvalue weighted by atomic mass is 19.4. The minimum atomic E-state index is -4.38. The molecule has 1 saturated carbocycles. The molecule has 0 radical (unpaired) electrons. The number of hydrogen-bond donors (Lipinski definition) is 0. The van der Waals surface area contributed by atoms with Crippen molar-refractivity contribution in [3.8, 4) is 5.88 Å². The van der Waals surface area contributed by atoms with Crippen molar-refractivity contribution >= 4 is 0 Å². The normalized spacial score (nSPS) is 17.2. The Kier molecular flexibility index (Phi) is 2.82. The minimum Gasteiger partial charge on any atom is -0.476 e. The van der Waals surface area contributed by atoms with Crippen LogP contribution in [-0.2, 0) is 13.2 Å². The van der Waals surface area contributed by atoms with Gasteiger partial charge < -0.3 is 4.74 Å². The Labute approximate surface area is 91.2 Å². The maximum atomic E-state index is 12.4. The number of rotatable bonds is 3. The van der Waals surface area contributed by atoms with E-state index >= 15 is 0 Å². The lowest BCUT2D eigenvalue weighted by molar-refractivity contribution is -0.143. The molecule has 1 aliphatic carbocycles. The number of aromatic nitrogens is 2. The molecule has 1 aromatic rings. The minimum absolute atomic E-state index is 0.0572. The van der Waals surface area contributed by atoms with Crippen molar-refractivity contribution in [3.05, 3.63) is 11.8 Å². The Balaban J connectivity index is 1.99. The van der Waals surface area contributed by atoms with E-state index in [4.69, 9.17) is 4.74 Å². The van der Waals surface area contributed by atoms with Crippen LogP contribution in [0.15, 0.2) is 6.07 Å². The molecule has 0 saturated heterocycles. The van der Waals surface area contributed by atoms with Crippen LogP contribution in [0.25, 0.3) is 0 Å². The van der Waals surface area contributed by atoms with Gasteiger partial charge in [0, 0.05) is 13.1 Å². The number of ether oxygens (including phenoxy) is 1. The van der Waals surface area contributed by atoms with Crippen LogP contribution in [0, 0.1) is 5.92 Å². The van der Waals surface area contributed by atoms with E-state index < -0.39 is 11.9 Å². The first kappa shape index (κ1) is 11.3. The van der Waals surface area contributed by atoms with E-state index in [0.29, 0.717) is 12.5 Å². The summed E-state index contributed by atoms with van der Waals surface area (Å²) in [5.41, 5.74) is -0.781. The summed E-state index contributed by atoms with van der Waals surface area (Å²) >= 11 is 0. The molecule has 1 fully saturated rings. The molecule has 0 atom stereocenters. The van der Waals surface area contributed by atoms with Gasteiger partial charge in [0.2, 0.25) is 5.88 Å². The summed E-state index contributed by atoms with van der Waals surface area (Å²) in [6.07, 6.45) is -0.998. The molecule has 0 aliphatic heterocycles. The van der Waals surface area contributed by atoms with Gasteiger partial charge in [0.15, 0.2) is 0 Å². The number of nitrogens with zero attached hydrogens (tertiary/aromatic N) is 2. The predicted octanol–water partition coefficient (Wildman–Crippen LogP) is 2.62. The van der Waals surface area contributed by atoms with E-state index in [1.54, 1.807) is 0 Å². The van der Waals surface area contributed by atoms with E-state index in [1.807, 2.05) is 0 Å². The molecule has 0 unspecified atom stereocenters. The van der Waals surface area contributed by atoms with E-state index in [9.17, 15) is 13.2 Å². The van der Waals surface area contributed by atoms with Gasteiger partial charge in [-0.3, -0.25) is 4.68 Å². The molecule has 0 bridgehead atoms. The first-order valence-electron chi connectivity index (χ1n) is 5.21. The molecule has 3 nitrogen and oxygen atoms in total. The Hall–Kier alpha value is -1.20. The summed E-state index contributed by atoms with van der Waals surface area (Å²) in [7, 11) is 1.26. The van der Waals surface area contributed by atoms with Gasteiger partial charge in [-0.1, -0.05) is 6.42 Å². The quantitative estimate of drug-likeness (QED) is 0.803. The summed E-state index contributed by atoms with van der Waals surface area (Å²) in [4.78, 5) is 0. The van der Waals surface area contributed by atoms with Crippen molar-refractivity contribution in [2.24, 2.45) is 13.0 Å². The zero-order chi connectivity index (χ0) is 11.8. The fraction of sp³-hybridized carbons (Fsp3) is 0.700. The van der Waals surface area contributed by atoms with Crippen molar-refractivity contribution in [3.63, 3.8) is 0 Å². The van der Waals surface area contributed by atoms with Gasteiger partial charge in [0.05, 0.1) is 6.61 Å². The fourth-order valence-electron chi connectivity index (χ4n) is 1.64. The molecule has 1 aromatic heterocycles. The van der Waals surface area contributed by atoms with Crippen molar-refractivity contribution in [1.82, 2.24) is 9.78 Å². The average molecular weight is 234 g/mol. The van der Waals surface area contributed by atoms with Crippen molar-refractivity contribution in [1.29, 1.82) is 0 Å². The molecule has 0 spiro atoms. The van der Waals surface area contributed by atoms with Crippen LogP contribution in [0.2, 0.25) is 0 Å². The number of hydrogen-bond acceptors (Lipinski definition) is 2. The molecule has 1 heterocycles. The van der Waals surface area contributed by atoms with Gasteiger partial charge in [0.1, 0.15) is 5.69 Å². The van der Waals surface area contributed by atoms with Gasteiger partial charge in [0.25, 0.3) is 0 Å². The topological polar surface area (TPSA) is 27.1 Å². The van der Waals surface area contributed by atoms with Crippen LogP contribution in [0.1, 0.15) is 25.0 Å². The Bertz CT molecular complexity index is 369. The van der Waals surface area contributed by atoms with Crippen molar-refractivity contribution < 1.29 is 17.9 Å². The van der Waals surface area contributed by atoms with Crippen molar-refractivity contribution in [2.75, 3.05) is 6.61 Å². The lowest BCUT2D eigenvalue weighted by Crippen LogP contribution is -2.19. The Morgan fingerprint density at radius 3 is 2.62 bits per heavy atom. The maximum Gasteiger partial charge on any atom is 0.433 e. The van der Waals surface area contributed by atoms with Gasteiger partial charge in [-0.05, 0) is 18.8 Å². The molecular formula is C10H13F3N2O. The van der Waals surface area contributed by atoms with Crippen LogP contribution >= 0.6 is 0 Å². The van der Waals surface area contributed by atoms with Crippen LogP contribution in [-0.4, -0.2) is 16.4 Å². The molecule has 2 rings (SSSR count). The van der Waals surface area contributed by atoms with E-state index in [0.717, 1.165) is 23.6 Å². The molecule has 90 valence electrons. The fourth-order valence-corrected chi connectivity index (χ4v) is 1.64. The predicted molar refractivity (Wildman–Crippen MR) is 51.0 cm³/mol. The van der Waals surface area contributed by atoms with Gasteiger partial charge in [-0.2, -0.15) is 13.2 Å². The monoisotopic (exact) mass is 234 g/mol. The summed E-state index contributed by atoms with van der Waals surface area (Å²) < 4.78 is 43.3. The lowest BCUT2D eigenvalue weighted by Gasteiger charge is -2.24. The Morgan fingerprint density at radius 1 is 1.50 bits per heavy atom. The average Bonchev–Trinajstić information content (AvgIpc) is 2.43. The third-order valence-electron chi connectivity index (χ3n) is 2.84. The highest BCUT2D eigenvalue weighted by Gasteiger charge is 2.35. The number of aryl methyl sites for hydroxylation is 1. The highest BCUT2D eigenvalue weighted by molar-refractivity contribution is 5.17. The van der Waals surface area contributed by atoms with E-state index in [2.05, 4.69) is 5.10 Å². The summed E-state index contributed by atoms with van der Waals surface area (Å²) in [6, 6.07) is 0.943. The summed E-state index contributed by atoms with van der Waals surface area (Å²) in [5.74, 6) is 0.540. The third kappa shape index (κ3) is 2.31. The molecule has 0 aromatic carbocycles. The molecular weight excluding hydrogens is 221 g/mol. The number of halogens is 3. The largest absolute Gasteiger partial charge is 0.476 e. The molecule has 16 heavy (non-hydrogen) atoms. The first-order chi connectivity index (χ1) is 7.47. The second-order valence-electron chi connectivity index (χ2n) is 4.10. The first-order valence-corrected chi connectivity index (χ1v) is 5.21. The van der Waals surface area contributed by atoms with Crippen LogP contribution in [0.5, 0.6) is 5.88 Å². The van der Waals surface area contributed by atoms with E-state index in [1.165, 1.54) is 13.5 Å². The maximum absolute atomic E-state index is 12.4. The van der Waals surface area contributed by atoms with E-state index in [-0.39, 0.29) is 5.88 Å². The SMILES string of the molecule is Cn1nc(OCC2CCC2)cc1C(F)(F)F. The molecule has 0 amide bonds. The molecule has 0 N–H and O–H groups in total. The van der Waals surface area contributed by atoms with Gasteiger partial charge in [-0.15, -0.1) is 5.10 Å².